The van der Waals surface area contributed by atoms with Crippen LogP contribution < -0.4 is 19.3 Å². The molecule has 0 aliphatic carbocycles. The van der Waals surface area contributed by atoms with Crippen LogP contribution in [0.15, 0.2) is 64.6 Å². The van der Waals surface area contributed by atoms with Gasteiger partial charge in [-0.05, 0) is 80.8 Å². The number of nitrogens with zero attached hydrogens (tertiary/aromatic N) is 2. The molecule has 2 aliphatic rings. The maximum Gasteiger partial charge on any atom is 0.300 e. The van der Waals surface area contributed by atoms with E-state index >= 15 is 0 Å². The van der Waals surface area contributed by atoms with Crippen LogP contribution in [0.4, 0.5) is 11.4 Å². The lowest BCUT2D eigenvalue weighted by Crippen LogP contribution is -2.30. The molecule has 1 unspecified atom stereocenters. The first-order chi connectivity index (χ1) is 17.9. The second-order valence-corrected chi connectivity index (χ2v) is 9.25. The van der Waals surface area contributed by atoms with Gasteiger partial charge in [-0.2, -0.15) is 0 Å². The Morgan fingerprint density at radius 1 is 0.919 bits per heavy atom. The summed E-state index contributed by atoms with van der Waals surface area (Å²) < 4.78 is 16.6. The van der Waals surface area contributed by atoms with Crippen LogP contribution in [-0.2, 0) is 9.59 Å². The van der Waals surface area contributed by atoms with Gasteiger partial charge in [0.05, 0.1) is 25.4 Å². The van der Waals surface area contributed by atoms with Crippen molar-refractivity contribution in [3.8, 4) is 11.5 Å². The Morgan fingerprint density at radius 2 is 1.62 bits per heavy atom. The molecule has 1 N–H and O–H groups in total. The van der Waals surface area contributed by atoms with Crippen molar-refractivity contribution >= 4 is 28.8 Å². The standard InChI is InChI=1S/C29H30N2O6/c1-18-7-13-24(37-18)26-25(27(32)22-17-21(35-2)12-14-23(22)36-3)28(33)29(34)31(26)20-10-8-19(9-11-20)30-15-5-4-6-16-30/h7-14,17,26,32H,4-6,15-16H2,1-3H3/b27-25+. The van der Waals surface area contributed by atoms with Crippen LogP contribution >= 0.6 is 0 Å². The number of anilines is 2. The van der Waals surface area contributed by atoms with Crippen LogP contribution in [0.3, 0.4) is 0 Å². The van der Waals surface area contributed by atoms with Gasteiger partial charge in [0, 0.05) is 24.5 Å². The van der Waals surface area contributed by atoms with E-state index in [1.165, 1.54) is 25.5 Å². The number of rotatable bonds is 6. The van der Waals surface area contributed by atoms with Crippen LogP contribution in [0.1, 0.15) is 42.4 Å². The summed E-state index contributed by atoms with van der Waals surface area (Å²) in [6, 6.07) is 15.0. The highest BCUT2D eigenvalue weighted by molar-refractivity contribution is 6.51. The largest absolute Gasteiger partial charge is 0.507 e. The van der Waals surface area contributed by atoms with Gasteiger partial charge in [0.25, 0.3) is 11.7 Å². The van der Waals surface area contributed by atoms with Crippen molar-refractivity contribution in [3.05, 3.63) is 77.3 Å². The molecule has 1 amide bonds. The fourth-order valence-electron chi connectivity index (χ4n) is 5.09. The van der Waals surface area contributed by atoms with E-state index in [0.717, 1.165) is 31.6 Å². The minimum atomic E-state index is -0.953. The summed E-state index contributed by atoms with van der Waals surface area (Å²) >= 11 is 0. The van der Waals surface area contributed by atoms with Crippen molar-refractivity contribution in [3.63, 3.8) is 0 Å². The zero-order chi connectivity index (χ0) is 26.1. The van der Waals surface area contributed by atoms with Crippen molar-refractivity contribution in [2.24, 2.45) is 0 Å². The van der Waals surface area contributed by atoms with Crippen LogP contribution in [0.2, 0.25) is 0 Å². The zero-order valence-corrected chi connectivity index (χ0v) is 21.2. The number of benzene rings is 2. The normalized spacial score (nSPS) is 19.4. The molecule has 0 bridgehead atoms. The number of methoxy groups -OCH3 is 2. The third-order valence-electron chi connectivity index (χ3n) is 6.99. The molecule has 8 heteroatoms. The van der Waals surface area contributed by atoms with E-state index in [9.17, 15) is 14.7 Å². The van der Waals surface area contributed by atoms with Gasteiger partial charge in [-0.3, -0.25) is 14.5 Å². The number of carbonyl (C=O) groups excluding carboxylic acids is 2. The number of piperidine rings is 1. The maximum absolute atomic E-state index is 13.4. The van der Waals surface area contributed by atoms with E-state index in [1.807, 2.05) is 24.3 Å². The van der Waals surface area contributed by atoms with Gasteiger partial charge in [-0.25, -0.2) is 0 Å². The number of carbonyl (C=O) groups is 2. The highest BCUT2D eigenvalue weighted by Gasteiger charge is 2.48. The predicted molar refractivity (Wildman–Crippen MR) is 140 cm³/mol. The molecule has 8 nitrogen and oxygen atoms in total. The van der Waals surface area contributed by atoms with Crippen LogP contribution in [0.5, 0.6) is 11.5 Å². The number of aryl methyl sites for hydroxylation is 1. The molecule has 37 heavy (non-hydrogen) atoms. The summed E-state index contributed by atoms with van der Waals surface area (Å²) in [5, 5.41) is 11.5. The highest BCUT2D eigenvalue weighted by atomic mass is 16.5. The Bertz CT molecular complexity index is 1350. The number of aliphatic hydroxyl groups excluding tert-OH is 1. The maximum atomic E-state index is 13.4. The van der Waals surface area contributed by atoms with Gasteiger partial charge < -0.3 is 23.9 Å². The zero-order valence-electron chi connectivity index (χ0n) is 21.2. The Kier molecular flexibility index (Phi) is 6.65. The van der Waals surface area contributed by atoms with Crippen LogP contribution in [0.25, 0.3) is 5.76 Å². The van der Waals surface area contributed by atoms with E-state index in [4.69, 9.17) is 13.9 Å². The Hall–Kier alpha value is -4.20. The molecule has 2 aliphatic heterocycles. The van der Waals surface area contributed by atoms with Crippen molar-refractivity contribution in [1.82, 2.24) is 0 Å². The molecule has 2 aromatic carbocycles. The topological polar surface area (TPSA) is 92.4 Å². The van der Waals surface area contributed by atoms with E-state index in [1.54, 1.807) is 37.3 Å². The van der Waals surface area contributed by atoms with Gasteiger partial charge in [0.15, 0.2) is 0 Å². The van der Waals surface area contributed by atoms with E-state index in [0.29, 0.717) is 28.7 Å². The van der Waals surface area contributed by atoms with Crippen LogP contribution in [0, 0.1) is 6.92 Å². The molecular weight excluding hydrogens is 472 g/mol. The molecule has 192 valence electrons. The number of ether oxygens (including phenoxy) is 2. The molecule has 0 spiro atoms. The van der Waals surface area contributed by atoms with Gasteiger partial charge in [-0.15, -0.1) is 0 Å². The second kappa shape index (κ2) is 10.0. The third kappa shape index (κ3) is 4.43. The quantitative estimate of drug-likeness (QED) is 0.281. The van der Waals surface area contributed by atoms with Gasteiger partial charge in [-0.1, -0.05) is 0 Å². The molecule has 3 aromatic rings. The Morgan fingerprint density at radius 3 is 2.24 bits per heavy atom. The average molecular weight is 503 g/mol. The number of Topliss-reactive ketones (excluding diaryl/α,β-unsaturated/α-hetero) is 1. The number of aliphatic hydroxyl groups is 1. The Balaban J connectivity index is 1.62. The number of ketones is 1. The highest BCUT2D eigenvalue weighted by Crippen LogP contribution is 2.44. The molecule has 3 heterocycles. The summed E-state index contributed by atoms with van der Waals surface area (Å²) in [4.78, 5) is 30.6. The smallest absolute Gasteiger partial charge is 0.300 e. The van der Waals surface area contributed by atoms with Crippen molar-refractivity contribution in [2.75, 3.05) is 37.1 Å². The minimum absolute atomic E-state index is 0.0778. The van der Waals surface area contributed by atoms with E-state index in [2.05, 4.69) is 4.90 Å². The molecule has 0 radical (unpaired) electrons. The SMILES string of the molecule is COc1ccc(OC)c(/C(O)=C2\C(=O)C(=O)N(c3ccc(N4CCCCC4)cc3)C2c2ccc(C)o2)c1. The molecule has 1 atom stereocenters. The lowest BCUT2D eigenvalue weighted by Gasteiger charge is -2.29. The minimum Gasteiger partial charge on any atom is -0.507 e. The predicted octanol–water partition coefficient (Wildman–Crippen LogP) is 5.22. The first kappa shape index (κ1) is 24.5. The Labute approximate surface area is 215 Å². The summed E-state index contributed by atoms with van der Waals surface area (Å²) in [5.74, 6) is -0.101. The monoisotopic (exact) mass is 502 g/mol. The van der Waals surface area contributed by atoms with Gasteiger partial charge in [0.2, 0.25) is 0 Å². The number of amides is 1. The van der Waals surface area contributed by atoms with Crippen molar-refractivity contribution in [2.45, 2.75) is 32.2 Å². The average Bonchev–Trinajstić information content (AvgIpc) is 3.48. The summed E-state index contributed by atoms with van der Waals surface area (Å²) in [6.07, 6.45) is 3.55. The van der Waals surface area contributed by atoms with Crippen LogP contribution in [-0.4, -0.2) is 44.1 Å². The lowest BCUT2D eigenvalue weighted by molar-refractivity contribution is -0.132. The second-order valence-electron chi connectivity index (χ2n) is 9.25. The van der Waals surface area contributed by atoms with Crippen molar-refractivity contribution in [1.29, 1.82) is 0 Å². The molecule has 1 aromatic heterocycles. The fraction of sp³-hybridized carbons (Fsp3) is 0.310. The molecule has 0 saturated carbocycles. The third-order valence-corrected chi connectivity index (χ3v) is 6.99. The van der Waals surface area contributed by atoms with Gasteiger partial charge >= 0.3 is 0 Å². The van der Waals surface area contributed by atoms with Crippen molar-refractivity contribution < 1.29 is 28.6 Å². The fourth-order valence-corrected chi connectivity index (χ4v) is 5.09. The van der Waals surface area contributed by atoms with E-state index in [-0.39, 0.29) is 16.9 Å². The number of hydrogen-bond acceptors (Lipinski definition) is 7. The first-order valence-electron chi connectivity index (χ1n) is 12.4. The summed E-state index contributed by atoms with van der Waals surface area (Å²) in [7, 11) is 2.97. The molecular formula is C29H30N2O6. The molecule has 5 rings (SSSR count). The van der Waals surface area contributed by atoms with E-state index < -0.39 is 17.7 Å². The first-order valence-corrected chi connectivity index (χ1v) is 12.4. The lowest BCUT2D eigenvalue weighted by atomic mass is 9.98. The summed E-state index contributed by atoms with van der Waals surface area (Å²) in [5.41, 5.74) is 1.78. The molecule has 2 fully saturated rings. The number of furan rings is 1. The molecule has 2 saturated heterocycles. The summed E-state index contributed by atoms with van der Waals surface area (Å²) in [6.45, 7) is 3.78. The number of hydrogen-bond donors (Lipinski definition) is 1. The van der Waals surface area contributed by atoms with Gasteiger partial charge in [0.1, 0.15) is 34.8 Å².